The predicted molar refractivity (Wildman–Crippen MR) is 65.0 cm³/mol. The summed E-state index contributed by atoms with van der Waals surface area (Å²) in [5, 5.41) is 4.06. The van der Waals surface area contributed by atoms with Crippen LogP contribution in [0.15, 0.2) is 10.9 Å². The quantitative estimate of drug-likeness (QED) is 0.934. The summed E-state index contributed by atoms with van der Waals surface area (Å²) in [4.78, 5) is 13.8. The van der Waals surface area contributed by atoms with Crippen LogP contribution in [0.1, 0.15) is 31.0 Å². The zero-order chi connectivity index (χ0) is 14.2. The van der Waals surface area contributed by atoms with Gasteiger partial charge in [-0.3, -0.25) is 4.79 Å². The van der Waals surface area contributed by atoms with E-state index in [1.807, 2.05) is 6.92 Å². The van der Waals surface area contributed by atoms with Gasteiger partial charge in [0.25, 0.3) is 0 Å². The van der Waals surface area contributed by atoms with Gasteiger partial charge in [0, 0.05) is 12.6 Å². The average Bonchev–Trinajstić information content (AvgIpc) is 2.61. The largest absolute Gasteiger partial charge is 0.417 e. The molecule has 0 unspecified atom stereocenters. The van der Waals surface area contributed by atoms with Crippen LogP contribution < -0.4 is 5.56 Å². The summed E-state index contributed by atoms with van der Waals surface area (Å²) in [7, 11) is 0. The summed E-state index contributed by atoms with van der Waals surface area (Å²) in [5.74, 6) is 0. The topological polar surface area (TPSA) is 50.7 Å². The van der Waals surface area contributed by atoms with E-state index in [-0.39, 0.29) is 16.7 Å². The molecule has 19 heavy (non-hydrogen) atoms. The number of halogens is 3. The molecule has 0 aliphatic carbocycles. The molecule has 0 bridgehead atoms. The van der Waals surface area contributed by atoms with E-state index in [2.05, 4.69) is 10.1 Å². The highest BCUT2D eigenvalue weighted by Gasteiger charge is 2.35. The SMILES string of the molecule is CCCCn1nc(C)c2c(C(F)(F)F)cc(=O)[nH]c21. The summed E-state index contributed by atoms with van der Waals surface area (Å²) in [6.45, 7) is 3.97. The molecule has 0 fully saturated rings. The van der Waals surface area contributed by atoms with Gasteiger partial charge in [-0.15, -0.1) is 0 Å². The molecule has 7 heteroatoms. The zero-order valence-electron chi connectivity index (χ0n) is 10.6. The van der Waals surface area contributed by atoms with Crippen LogP contribution in [-0.2, 0) is 12.7 Å². The molecule has 0 aliphatic rings. The van der Waals surface area contributed by atoms with E-state index in [0.717, 1.165) is 12.8 Å². The van der Waals surface area contributed by atoms with Crippen molar-refractivity contribution in [2.24, 2.45) is 0 Å². The Morgan fingerprint density at radius 1 is 1.42 bits per heavy atom. The zero-order valence-corrected chi connectivity index (χ0v) is 10.6. The Morgan fingerprint density at radius 2 is 2.11 bits per heavy atom. The minimum Gasteiger partial charge on any atom is -0.307 e. The number of hydrogen-bond acceptors (Lipinski definition) is 2. The first kappa shape index (κ1) is 13.6. The maximum absolute atomic E-state index is 12.9. The number of nitrogens with one attached hydrogen (secondary N) is 1. The first-order valence-corrected chi connectivity index (χ1v) is 6.02. The molecule has 2 heterocycles. The molecule has 2 aromatic heterocycles. The Bertz CT molecular complexity index is 655. The van der Waals surface area contributed by atoms with Crippen molar-refractivity contribution >= 4 is 11.0 Å². The Balaban J connectivity index is 2.72. The lowest BCUT2D eigenvalue weighted by Crippen LogP contribution is -2.15. The fourth-order valence-corrected chi connectivity index (χ4v) is 2.08. The summed E-state index contributed by atoms with van der Waals surface area (Å²) >= 11 is 0. The van der Waals surface area contributed by atoms with Crippen molar-refractivity contribution in [3.05, 3.63) is 27.7 Å². The normalized spacial score (nSPS) is 12.3. The van der Waals surface area contributed by atoms with E-state index in [1.54, 1.807) is 0 Å². The standard InChI is InChI=1S/C12H14F3N3O/c1-3-4-5-18-11-10(7(2)17-18)8(12(13,14)15)6-9(19)16-11/h6H,3-5H2,1-2H3,(H,16,19). The van der Waals surface area contributed by atoms with Crippen molar-refractivity contribution in [3.8, 4) is 0 Å². The van der Waals surface area contributed by atoms with Crippen molar-refractivity contribution in [3.63, 3.8) is 0 Å². The molecule has 0 atom stereocenters. The lowest BCUT2D eigenvalue weighted by Gasteiger charge is -2.08. The number of alkyl halides is 3. The minimum absolute atomic E-state index is 0.0248. The van der Waals surface area contributed by atoms with Crippen molar-refractivity contribution in [2.45, 2.75) is 39.4 Å². The van der Waals surface area contributed by atoms with Gasteiger partial charge in [0.2, 0.25) is 5.56 Å². The molecule has 2 aromatic rings. The van der Waals surface area contributed by atoms with Crippen molar-refractivity contribution in [1.29, 1.82) is 0 Å². The highest BCUT2D eigenvalue weighted by Crippen LogP contribution is 2.34. The fraction of sp³-hybridized carbons (Fsp3) is 0.500. The van der Waals surface area contributed by atoms with Gasteiger partial charge in [-0.2, -0.15) is 18.3 Å². The van der Waals surface area contributed by atoms with Gasteiger partial charge in [0.15, 0.2) is 0 Å². The smallest absolute Gasteiger partial charge is 0.307 e. The Morgan fingerprint density at radius 3 is 2.68 bits per heavy atom. The molecule has 0 radical (unpaired) electrons. The van der Waals surface area contributed by atoms with Crippen LogP contribution in [0.4, 0.5) is 13.2 Å². The van der Waals surface area contributed by atoms with E-state index in [9.17, 15) is 18.0 Å². The number of aryl methyl sites for hydroxylation is 2. The van der Waals surface area contributed by atoms with Crippen molar-refractivity contribution in [1.82, 2.24) is 14.8 Å². The van der Waals surface area contributed by atoms with Crippen LogP contribution >= 0.6 is 0 Å². The highest BCUT2D eigenvalue weighted by molar-refractivity contribution is 5.82. The van der Waals surface area contributed by atoms with Gasteiger partial charge in [-0.05, 0) is 13.3 Å². The molecule has 1 N–H and O–H groups in total. The van der Waals surface area contributed by atoms with Crippen LogP contribution in [0.2, 0.25) is 0 Å². The number of unbranched alkanes of at least 4 members (excludes halogenated alkanes) is 1. The molecule has 0 amide bonds. The van der Waals surface area contributed by atoms with Crippen molar-refractivity contribution in [2.75, 3.05) is 0 Å². The minimum atomic E-state index is -4.56. The number of nitrogens with zero attached hydrogens (tertiary/aromatic N) is 2. The van der Waals surface area contributed by atoms with E-state index in [0.29, 0.717) is 12.6 Å². The average molecular weight is 273 g/mol. The summed E-state index contributed by atoms with van der Waals surface area (Å²) in [6, 6.07) is 0.584. The van der Waals surface area contributed by atoms with Crippen LogP contribution in [0.5, 0.6) is 0 Å². The number of fused-ring (bicyclic) bond motifs is 1. The second-order valence-electron chi connectivity index (χ2n) is 4.43. The van der Waals surface area contributed by atoms with E-state index >= 15 is 0 Å². The van der Waals surface area contributed by atoms with Gasteiger partial charge < -0.3 is 4.98 Å². The lowest BCUT2D eigenvalue weighted by atomic mass is 10.1. The summed E-state index contributed by atoms with van der Waals surface area (Å²) < 4.78 is 40.3. The van der Waals surface area contributed by atoms with E-state index in [1.165, 1.54) is 11.6 Å². The van der Waals surface area contributed by atoms with Crippen LogP contribution in [0.25, 0.3) is 11.0 Å². The van der Waals surface area contributed by atoms with Crippen LogP contribution in [-0.4, -0.2) is 14.8 Å². The maximum atomic E-state index is 12.9. The maximum Gasteiger partial charge on any atom is 0.417 e. The van der Waals surface area contributed by atoms with Gasteiger partial charge in [-0.25, -0.2) is 4.68 Å². The molecule has 0 saturated heterocycles. The summed E-state index contributed by atoms with van der Waals surface area (Å²) in [6.07, 6.45) is -2.88. The van der Waals surface area contributed by atoms with Crippen molar-refractivity contribution < 1.29 is 13.2 Å². The van der Waals surface area contributed by atoms with Gasteiger partial charge in [-0.1, -0.05) is 13.3 Å². The third-order valence-electron chi connectivity index (χ3n) is 2.94. The number of hydrogen-bond donors (Lipinski definition) is 1. The Hall–Kier alpha value is -1.79. The molecular formula is C12H14F3N3O. The second-order valence-corrected chi connectivity index (χ2v) is 4.43. The van der Waals surface area contributed by atoms with E-state index in [4.69, 9.17) is 0 Å². The number of aromatic nitrogens is 3. The molecule has 0 spiro atoms. The van der Waals surface area contributed by atoms with Gasteiger partial charge >= 0.3 is 6.18 Å². The molecule has 2 rings (SSSR count). The highest BCUT2D eigenvalue weighted by atomic mass is 19.4. The predicted octanol–water partition coefficient (Wildman–Crippen LogP) is 2.85. The molecule has 0 aliphatic heterocycles. The number of rotatable bonds is 3. The Labute approximate surface area is 107 Å². The van der Waals surface area contributed by atoms with Crippen LogP contribution in [0, 0.1) is 6.92 Å². The van der Waals surface area contributed by atoms with Gasteiger partial charge in [0.1, 0.15) is 5.65 Å². The van der Waals surface area contributed by atoms with E-state index < -0.39 is 17.3 Å². The number of pyridine rings is 1. The number of H-pyrrole nitrogens is 1. The molecule has 4 nitrogen and oxygen atoms in total. The molecule has 0 saturated carbocycles. The monoisotopic (exact) mass is 273 g/mol. The summed E-state index contributed by atoms with van der Waals surface area (Å²) in [5.41, 5.74) is -1.27. The molecular weight excluding hydrogens is 259 g/mol. The number of aromatic amines is 1. The Kier molecular flexibility index (Phi) is 3.38. The van der Waals surface area contributed by atoms with Crippen LogP contribution in [0.3, 0.4) is 0 Å². The molecule has 104 valence electrons. The fourth-order valence-electron chi connectivity index (χ4n) is 2.08. The van der Waals surface area contributed by atoms with Gasteiger partial charge in [0.05, 0.1) is 16.6 Å². The first-order chi connectivity index (χ1) is 8.84. The second kappa shape index (κ2) is 4.71. The third-order valence-corrected chi connectivity index (χ3v) is 2.94. The third kappa shape index (κ3) is 2.50. The first-order valence-electron chi connectivity index (χ1n) is 6.02. The molecule has 0 aromatic carbocycles. The lowest BCUT2D eigenvalue weighted by molar-refractivity contribution is -0.136.